The molecule has 0 unspecified atom stereocenters. The SMILES string of the molecule is CCC(=O)C(=O)NCCCCc1ccccc1CCCOc1ccccc1CO. The largest absolute Gasteiger partial charge is 0.493 e. The fourth-order valence-corrected chi connectivity index (χ4v) is 3.17. The third-order valence-electron chi connectivity index (χ3n) is 4.84. The summed E-state index contributed by atoms with van der Waals surface area (Å²) in [6, 6.07) is 15.9. The van der Waals surface area contributed by atoms with Crippen molar-refractivity contribution in [2.45, 2.75) is 52.1 Å². The third kappa shape index (κ3) is 7.70. The van der Waals surface area contributed by atoms with Crippen molar-refractivity contribution in [3.05, 3.63) is 65.2 Å². The maximum absolute atomic E-state index is 11.5. The normalized spacial score (nSPS) is 10.6. The van der Waals surface area contributed by atoms with Crippen LogP contribution in [0.5, 0.6) is 5.75 Å². The van der Waals surface area contributed by atoms with E-state index in [-0.39, 0.29) is 18.8 Å². The first-order chi connectivity index (χ1) is 14.2. The lowest BCUT2D eigenvalue weighted by atomic mass is 9.98. The number of aliphatic hydroxyl groups is 1. The predicted octanol–water partition coefficient (Wildman–Crippen LogP) is 3.61. The lowest BCUT2D eigenvalue weighted by Gasteiger charge is -2.12. The van der Waals surface area contributed by atoms with Gasteiger partial charge in [0, 0.05) is 18.5 Å². The van der Waals surface area contributed by atoms with E-state index in [1.54, 1.807) is 6.92 Å². The molecule has 2 rings (SSSR count). The number of amides is 1. The molecule has 2 N–H and O–H groups in total. The molecule has 0 aromatic heterocycles. The summed E-state index contributed by atoms with van der Waals surface area (Å²) in [6.07, 6.45) is 4.82. The number of unbranched alkanes of at least 4 members (excludes halogenated alkanes) is 1. The van der Waals surface area contributed by atoms with Gasteiger partial charge < -0.3 is 15.2 Å². The van der Waals surface area contributed by atoms with Crippen molar-refractivity contribution >= 4 is 11.7 Å². The Hall–Kier alpha value is -2.66. The van der Waals surface area contributed by atoms with Crippen LogP contribution in [-0.2, 0) is 29.0 Å². The van der Waals surface area contributed by atoms with E-state index in [1.807, 2.05) is 24.3 Å². The van der Waals surface area contributed by atoms with Gasteiger partial charge in [0.05, 0.1) is 13.2 Å². The molecule has 0 radical (unpaired) electrons. The van der Waals surface area contributed by atoms with Crippen LogP contribution in [0.15, 0.2) is 48.5 Å². The second-order valence-corrected chi connectivity index (χ2v) is 6.98. The maximum atomic E-state index is 11.5. The second-order valence-electron chi connectivity index (χ2n) is 6.98. The van der Waals surface area contributed by atoms with Crippen LogP contribution < -0.4 is 10.1 Å². The maximum Gasteiger partial charge on any atom is 0.287 e. The Labute approximate surface area is 173 Å². The molecule has 0 bridgehead atoms. The van der Waals surface area contributed by atoms with Crippen molar-refractivity contribution in [1.82, 2.24) is 5.32 Å². The molecule has 5 heteroatoms. The molecule has 0 atom stereocenters. The summed E-state index contributed by atoms with van der Waals surface area (Å²) >= 11 is 0. The van der Waals surface area contributed by atoms with Crippen molar-refractivity contribution < 1.29 is 19.4 Å². The quantitative estimate of drug-likeness (QED) is 0.400. The number of hydrogen-bond donors (Lipinski definition) is 2. The van der Waals surface area contributed by atoms with Gasteiger partial charge in [-0.15, -0.1) is 0 Å². The van der Waals surface area contributed by atoms with Gasteiger partial charge >= 0.3 is 0 Å². The number of rotatable bonds is 13. The van der Waals surface area contributed by atoms with Gasteiger partial charge in [-0.05, 0) is 49.3 Å². The molecule has 0 saturated carbocycles. The van der Waals surface area contributed by atoms with E-state index in [0.29, 0.717) is 13.2 Å². The number of ether oxygens (including phenoxy) is 1. The highest BCUT2D eigenvalue weighted by atomic mass is 16.5. The number of ketones is 1. The fourth-order valence-electron chi connectivity index (χ4n) is 3.17. The lowest BCUT2D eigenvalue weighted by Crippen LogP contribution is -2.31. The molecular weight excluding hydrogens is 366 g/mol. The molecule has 2 aromatic carbocycles. The summed E-state index contributed by atoms with van der Waals surface area (Å²) < 4.78 is 5.83. The van der Waals surface area contributed by atoms with E-state index < -0.39 is 5.91 Å². The van der Waals surface area contributed by atoms with E-state index in [1.165, 1.54) is 11.1 Å². The van der Waals surface area contributed by atoms with Crippen LogP contribution in [0.1, 0.15) is 49.3 Å². The molecule has 1 amide bonds. The Bertz CT molecular complexity index is 788. The number of aliphatic hydroxyl groups excluding tert-OH is 1. The Balaban J connectivity index is 1.72. The lowest BCUT2D eigenvalue weighted by molar-refractivity contribution is -0.137. The zero-order valence-electron chi connectivity index (χ0n) is 17.2. The summed E-state index contributed by atoms with van der Waals surface area (Å²) in [6.45, 7) is 2.80. The van der Waals surface area contributed by atoms with E-state index in [9.17, 15) is 14.7 Å². The van der Waals surface area contributed by atoms with Gasteiger partial charge in [-0.2, -0.15) is 0 Å². The smallest absolute Gasteiger partial charge is 0.287 e. The van der Waals surface area contributed by atoms with Gasteiger partial charge in [-0.25, -0.2) is 0 Å². The Morgan fingerprint density at radius 1 is 0.897 bits per heavy atom. The number of nitrogens with one attached hydrogen (secondary N) is 1. The first-order valence-electron chi connectivity index (χ1n) is 10.3. The summed E-state index contributed by atoms with van der Waals surface area (Å²) in [5.74, 6) is -0.0956. The topological polar surface area (TPSA) is 75.6 Å². The van der Waals surface area contributed by atoms with Crippen LogP contribution in [0, 0.1) is 0 Å². The van der Waals surface area contributed by atoms with Crippen molar-refractivity contribution in [3.8, 4) is 5.75 Å². The molecule has 5 nitrogen and oxygen atoms in total. The molecule has 29 heavy (non-hydrogen) atoms. The second kappa shape index (κ2) is 12.7. The zero-order valence-corrected chi connectivity index (χ0v) is 17.2. The molecule has 0 spiro atoms. The molecule has 156 valence electrons. The van der Waals surface area contributed by atoms with Crippen LogP contribution >= 0.6 is 0 Å². The number of carbonyl (C=O) groups excluding carboxylic acids is 2. The third-order valence-corrected chi connectivity index (χ3v) is 4.84. The molecular formula is C24H31NO4. The Morgan fingerprint density at radius 3 is 2.17 bits per heavy atom. The molecule has 0 aliphatic rings. The number of para-hydroxylation sites is 1. The fraction of sp³-hybridized carbons (Fsp3) is 0.417. The summed E-state index contributed by atoms with van der Waals surface area (Å²) in [4.78, 5) is 22.7. The molecule has 2 aromatic rings. The van der Waals surface area contributed by atoms with E-state index in [4.69, 9.17) is 4.74 Å². The number of aryl methyl sites for hydroxylation is 2. The monoisotopic (exact) mass is 397 g/mol. The number of carbonyl (C=O) groups is 2. The molecule has 0 aliphatic carbocycles. The molecule has 0 fully saturated rings. The Morgan fingerprint density at radius 2 is 1.52 bits per heavy atom. The average molecular weight is 398 g/mol. The summed E-state index contributed by atoms with van der Waals surface area (Å²) in [7, 11) is 0. The first-order valence-corrected chi connectivity index (χ1v) is 10.3. The minimum absolute atomic E-state index is 0.0218. The van der Waals surface area contributed by atoms with Crippen molar-refractivity contribution in [2.75, 3.05) is 13.2 Å². The number of Topliss-reactive ketones (excluding diaryl/α,β-unsaturated/α-hetero) is 1. The van der Waals surface area contributed by atoms with Crippen LogP contribution in [0.4, 0.5) is 0 Å². The van der Waals surface area contributed by atoms with Gasteiger partial charge in [-0.1, -0.05) is 49.4 Å². The minimum atomic E-state index is -0.476. The highest BCUT2D eigenvalue weighted by Gasteiger charge is 2.09. The zero-order chi connectivity index (χ0) is 20.9. The van der Waals surface area contributed by atoms with Crippen LogP contribution in [-0.4, -0.2) is 29.9 Å². The number of benzene rings is 2. The van der Waals surface area contributed by atoms with E-state index in [0.717, 1.165) is 43.4 Å². The standard InChI is InChI=1S/C24H31NO4/c1-2-22(27)24(28)25-16-8-7-12-19-10-3-4-11-20(19)14-9-17-29-23-15-6-5-13-21(23)18-26/h3-6,10-11,13,15,26H,2,7-9,12,14,16-18H2,1H3,(H,25,28). The minimum Gasteiger partial charge on any atom is -0.493 e. The summed E-state index contributed by atoms with van der Waals surface area (Å²) in [5, 5.41) is 12.0. The number of hydrogen-bond acceptors (Lipinski definition) is 4. The van der Waals surface area contributed by atoms with Gasteiger partial charge in [0.15, 0.2) is 0 Å². The van der Waals surface area contributed by atoms with Crippen LogP contribution in [0.3, 0.4) is 0 Å². The van der Waals surface area contributed by atoms with Crippen molar-refractivity contribution in [3.63, 3.8) is 0 Å². The van der Waals surface area contributed by atoms with E-state index >= 15 is 0 Å². The van der Waals surface area contributed by atoms with Crippen LogP contribution in [0.25, 0.3) is 0 Å². The van der Waals surface area contributed by atoms with Crippen molar-refractivity contribution in [2.24, 2.45) is 0 Å². The molecule has 0 heterocycles. The highest BCUT2D eigenvalue weighted by Crippen LogP contribution is 2.19. The van der Waals surface area contributed by atoms with Crippen LogP contribution in [0.2, 0.25) is 0 Å². The summed E-state index contributed by atoms with van der Waals surface area (Å²) in [5.41, 5.74) is 3.44. The average Bonchev–Trinajstić information content (AvgIpc) is 2.76. The predicted molar refractivity (Wildman–Crippen MR) is 114 cm³/mol. The van der Waals surface area contributed by atoms with Gasteiger partial charge in [0.2, 0.25) is 5.78 Å². The highest BCUT2D eigenvalue weighted by molar-refractivity contribution is 6.36. The van der Waals surface area contributed by atoms with Gasteiger partial charge in [0.1, 0.15) is 5.75 Å². The van der Waals surface area contributed by atoms with E-state index in [2.05, 4.69) is 29.6 Å². The Kier molecular flexibility index (Phi) is 9.93. The first kappa shape index (κ1) is 22.6. The van der Waals surface area contributed by atoms with Gasteiger partial charge in [-0.3, -0.25) is 9.59 Å². The van der Waals surface area contributed by atoms with Gasteiger partial charge in [0.25, 0.3) is 5.91 Å². The van der Waals surface area contributed by atoms with Crippen molar-refractivity contribution in [1.29, 1.82) is 0 Å². The molecule has 0 saturated heterocycles. The molecule has 0 aliphatic heterocycles.